The number of pyridine rings is 1. The van der Waals surface area contributed by atoms with E-state index in [0.29, 0.717) is 6.42 Å². The van der Waals surface area contributed by atoms with Crippen LogP contribution in [0.15, 0.2) is 23.7 Å². The van der Waals surface area contributed by atoms with Gasteiger partial charge < -0.3 is 10.4 Å². The summed E-state index contributed by atoms with van der Waals surface area (Å²) < 4.78 is 1.01. The molecule has 96 valence electrons. The minimum absolute atomic E-state index is 0.530. The Morgan fingerprint density at radius 1 is 1.56 bits per heavy atom. The maximum atomic E-state index is 11.2. The third kappa shape index (κ3) is 2.79. The number of anilines is 1. The lowest BCUT2D eigenvalue weighted by Crippen LogP contribution is -2.29. The van der Waals surface area contributed by atoms with E-state index >= 15 is 0 Å². The van der Waals surface area contributed by atoms with Gasteiger partial charge >= 0.3 is 5.97 Å². The lowest BCUT2D eigenvalue weighted by Gasteiger charge is -2.15. The first kappa shape index (κ1) is 12.8. The van der Waals surface area contributed by atoms with Gasteiger partial charge in [-0.05, 0) is 23.9 Å². The van der Waals surface area contributed by atoms with Gasteiger partial charge in [-0.2, -0.15) is 0 Å². The predicted molar refractivity (Wildman–Crippen MR) is 74.2 cm³/mol. The van der Waals surface area contributed by atoms with Gasteiger partial charge in [-0.1, -0.05) is 19.8 Å². The van der Waals surface area contributed by atoms with Crippen molar-refractivity contribution in [3.63, 3.8) is 0 Å². The van der Waals surface area contributed by atoms with Crippen molar-refractivity contribution in [1.82, 2.24) is 4.98 Å². The Morgan fingerprint density at radius 3 is 3.11 bits per heavy atom. The minimum atomic E-state index is -0.801. The zero-order valence-corrected chi connectivity index (χ0v) is 11.0. The van der Waals surface area contributed by atoms with Crippen molar-refractivity contribution in [3.8, 4) is 0 Å². The number of nitrogens with one attached hydrogen (secondary N) is 1. The number of hydrogen-bond donors (Lipinski definition) is 2. The van der Waals surface area contributed by atoms with Crippen molar-refractivity contribution in [3.05, 3.63) is 23.7 Å². The second-order valence-corrected chi connectivity index (χ2v) is 5.09. The van der Waals surface area contributed by atoms with Crippen LogP contribution in [0.5, 0.6) is 0 Å². The molecule has 0 aromatic carbocycles. The molecule has 0 bridgehead atoms. The number of aliphatic carboxylic acids is 1. The summed E-state index contributed by atoms with van der Waals surface area (Å²) in [7, 11) is 0. The summed E-state index contributed by atoms with van der Waals surface area (Å²) in [6, 6.07) is 3.24. The zero-order valence-electron chi connectivity index (χ0n) is 10.2. The highest BCUT2D eigenvalue weighted by atomic mass is 32.1. The summed E-state index contributed by atoms with van der Waals surface area (Å²) >= 11 is 1.57. The molecular formula is C13H16N2O2S. The maximum absolute atomic E-state index is 11.2. The molecule has 2 N–H and O–H groups in total. The highest BCUT2D eigenvalue weighted by Gasteiger charge is 2.17. The van der Waals surface area contributed by atoms with Gasteiger partial charge in [0.1, 0.15) is 6.04 Å². The molecule has 0 saturated heterocycles. The second kappa shape index (κ2) is 5.82. The summed E-state index contributed by atoms with van der Waals surface area (Å²) in [5.41, 5.74) is 1.77. The molecule has 2 rings (SSSR count). The van der Waals surface area contributed by atoms with Gasteiger partial charge in [0.2, 0.25) is 0 Å². The summed E-state index contributed by atoms with van der Waals surface area (Å²) in [5, 5.41) is 14.3. The van der Waals surface area contributed by atoms with Crippen LogP contribution in [0.4, 0.5) is 5.69 Å². The molecule has 0 spiro atoms. The third-order valence-corrected chi connectivity index (χ3v) is 3.75. The van der Waals surface area contributed by atoms with Gasteiger partial charge in [0.05, 0.1) is 15.9 Å². The van der Waals surface area contributed by atoms with Gasteiger partial charge in [-0.3, -0.25) is 4.98 Å². The van der Waals surface area contributed by atoms with Crippen molar-refractivity contribution in [2.45, 2.75) is 32.2 Å². The topological polar surface area (TPSA) is 62.2 Å². The van der Waals surface area contributed by atoms with Crippen LogP contribution in [0, 0.1) is 0 Å². The van der Waals surface area contributed by atoms with Crippen LogP contribution in [0.3, 0.4) is 0 Å². The quantitative estimate of drug-likeness (QED) is 0.840. The van der Waals surface area contributed by atoms with E-state index in [4.69, 9.17) is 0 Å². The molecule has 1 unspecified atom stereocenters. The molecule has 0 amide bonds. The monoisotopic (exact) mass is 264 g/mol. The summed E-state index contributed by atoms with van der Waals surface area (Å²) in [4.78, 5) is 15.4. The maximum Gasteiger partial charge on any atom is 0.326 e. The van der Waals surface area contributed by atoms with Crippen molar-refractivity contribution in [2.24, 2.45) is 0 Å². The molecule has 0 saturated carbocycles. The zero-order chi connectivity index (χ0) is 13.0. The van der Waals surface area contributed by atoms with E-state index in [1.54, 1.807) is 17.5 Å². The standard InChI is InChI=1S/C13H16N2O2S/c1-2-3-4-11(13(16)17)15-10-5-7-14-9-6-8-18-12(9)10/h5-8,11H,2-4H2,1H3,(H,14,15)(H,16,17). The smallest absolute Gasteiger partial charge is 0.326 e. The number of nitrogens with zero attached hydrogens (tertiary/aromatic N) is 1. The first-order valence-corrected chi connectivity index (χ1v) is 6.92. The van der Waals surface area contributed by atoms with E-state index in [2.05, 4.69) is 17.2 Å². The molecule has 2 aromatic heterocycles. The Balaban J connectivity index is 2.20. The number of fused-ring (bicyclic) bond motifs is 1. The molecule has 0 fully saturated rings. The number of carboxylic acids is 1. The number of thiophene rings is 1. The Kier molecular flexibility index (Phi) is 4.15. The van der Waals surface area contributed by atoms with Crippen LogP contribution in [-0.4, -0.2) is 22.1 Å². The third-order valence-electron chi connectivity index (χ3n) is 2.82. The van der Waals surface area contributed by atoms with Crippen LogP contribution >= 0.6 is 11.3 Å². The number of carboxylic acid groups (broad SMARTS) is 1. The lowest BCUT2D eigenvalue weighted by atomic mass is 10.1. The van der Waals surface area contributed by atoms with E-state index in [1.807, 2.05) is 17.5 Å². The first-order chi connectivity index (χ1) is 8.72. The van der Waals surface area contributed by atoms with Crippen molar-refractivity contribution in [1.29, 1.82) is 0 Å². The molecule has 2 aromatic rings. The van der Waals surface area contributed by atoms with Gasteiger partial charge in [-0.15, -0.1) is 11.3 Å². The Bertz CT molecular complexity index is 539. The number of rotatable bonds is 6. The Hall–Kier alpha value is -1.62. The van der Waals surface area contributed by atoms with Gasteiger partial charge in [0.15, 0.2) is 0 Å². The van der Waals surface area contributed by atoms with E-state index in [0.717, 1.165) is 28.7 Å². The molecule has 0 aliphatic heterocycles. The number of unbranched alkanes of at least 4 members (excludes halogenated alkanes) is 1. The summed E-state index contributed by atoms with van der Waals surface area (Å²) in [6.45, 7) is 2.06. The van der Waals surface area contributed by atoms with Crippen LogP contribution < -0.4 is 5.32 Å². The highest BCUT2D eigenvalue weighted by molar-refractivity contribution is 7.17. The molecule has 2 heterocycles. The van der Waals surface area contributed by atoms with Crippen LogP contribution in [0.2, 0.25) is 0 Å². The van der Waals surface area contributed by atoms with E-state index in [1.165, 1.54) is 0 Å². The van der Waals surface area contributed by atoms with Crippen LogP contribution in [0.25, 0.3) is 10.2 Å². The van der Waals surface area contributed by atoms with Gasteiger partial charge in [-0.25, -0.2) is 4.79 Å². The van der Waals surface area contributed by atoms with Crippen molar-refractivity contribution in [2.75, 3.05) is 5.32 Å². The van der Waals surface area contributed by atoms with E-state index in [9.17, 15) is 9.90 Å². The molecule has 1 atom stereocenters. The summed E-state index contributed by atoms with van der Waals surface area (Å²) in [6.07, 6.45) is 4.25. The average Bonchev–Trinajstić information content (AvgIpc) is 2.83. The van der Waals surface area contributed by atoms with Gasteiger partial charge in [0, 0.05) is 6.20 Å². The predicted octanol–water partition coefficient (Wildman–Crippen LogP) is 3.35. The number of hydrogen-bond acceptors (Lipinski definition) is 4. The van der Waals surface area contributed by atoms with Crippen LogP contribution in [-0.2, 0) is 4.79 Å². The van der Waals surface area contributed by atoms with Crippen LogP contribution in [0.1, 0.15) is 26.2 Å². The van der Waals surface area contributed by atoms with E-state index in [-0.39, 0.29) is 0 Å². The van der Waals surface area contributed by atoms with Gasteiger partial charge in [0.25, 0.3) is 0 Å². The van der Waals surface area contributed by atoms with E-state index < -0.39 is 12.0 Å². The molecule has 0 aliphatic carbocycles. The Morgan fingerprint density at radius 2 is 2.39 bits per heavy atom. The molecule has 0 aliphatic rings. The second-order valence-electron chi connectivity index (χ2n) is 4.17. The highest BCUT2D eigenvalue weighted by Crippen LogP contribution is 2.27. The molecule has 0 radical (unpaired) electrons. The fourth-order valence-corrected chi connectivity index (χ4v) is 2.67. The average molecular weight is 264 g/mol. The fourth-order valence-electron chi connectivity index (χ4n) is 1.84. The molecule has 4 nitrogen and oxygen atoms in total. The molecular weight excluding hydrogens is 248 g/mol. The lowest BCUT2D eigenvalue weighted by molar-refractivity contribution is -0.138. The minimum Gasteiger partial charge on any atom is -0.480 e. The number of aromatic nitrogens is 1. The molecule has 18 heavy (non-hydrogen) atoms. The SMILES string of the molecule is CCCCC(Nc1ccnc2ccsc12)C(=O)O. The number of carbonyl (C=O) groups is 1. The normalized spacial score (nSPS) is 12.5. The fraction of sp³-hybridized carbons (Fsp3) is 0.385. The largest absolute Gasteiger partial charge is 0.480 e. The van der Waals surface area contributed by atoms with Crippen molar-refractivity contribution >= 4 is 33.2 Å². The summed E-state index contributed by atoms with van der Waals surface area (Å²) in [5.74, 6) is -0.801. The van der Waals surface area contributed by atoms with Crippen molar-refractivity contribution < 1.29 is 9.90 Å². The Labute approximate surface area is 110 Å². The molecule has 5 heteroatoms. The first-order valence-electron chi connectivity index (χ1n) is 6.04.